The summed E-state index contributed by atoms with van der Waals surface area (Å²) >= 11 is 0. The molecule has 4 rings (SSSR count). The number of benzene rings is 1. The highest BCUT2D eigenvalue weighted by Gasteiger charge is 2.27. The van der Waals surface area contributed by atoms with Crippen molar-refractivity contribution in [1.29, 1.82) is 0 Å². The number of nitrogens with zero attached hydrogens (tertiary/aromatic N) is 4. The molecule has 0 unspecified atom stereocenters. The van der Waals surface area contributed by atoms with Gasteiger partial charge in [0.05, 0.1) is 11.4 Å². The summed E-state index contributed by atoms with van der Waals surface area (Å²) in [4.78, 5) is 17.0. The number of sulfonamides is 1. The molecule has 0 aliphatic carbocycles. The Hall–Kier alpha value is -2.34. The van der Waals surface area contributed by atoms with Crippen molar-refractivity contribution < 1.29 is 17.6 Å². The predicted octanol–water partition coefficient (Wildman–Crippen LogP) is 0.306. The molecule has 0 saturated carbocycles. The summed E-state index contributed by atoms with van der Waals surface area (Å²) in [5, 5.41) is 11.0. The Morgan fingerprint density at radius 2 is 1.81 bits per heavy atom. The molecule has 1 aromatic heterocycles. The fourth-order valence-corrected chi connectivity index (χ4v) is 4.95. The standard InChI is InChI=1S/C20H28N6O4S/c27-20(26-12-10-25(11-13-26)15-16-6-8-21-9-7-16)19-24-23-18(30-19)14-22-31(28,29)17-4-2-1-3-5-17/h1-5,16,21-22H,6-15H2. The van der Waals surface area contributed by atoms with Crippen LogP contribution in [-0.4, -0.2) is 80.1 Å². The van der Waals surface area contributed by atoms with Gasteiger partial charge in [-0.05, 0) is 44.0 Å². The molecular weight excluding hydrogens is 420 g/mol. The van der Waals surface area contributed by atoms with Gasteiger partial charge in [0.15, 0.2) is 0 Å². The Balaban J connectivity index is 1.26. The maximum absolute atomic E-state index is 12.7. The molecule has 0 spiro atoms. The molecule has 3 heterocycles. The monoisotopic (exact) mass is 448 g/mol. The molecule has 0 bridgehead atoms. The first kappa shape index (κ1) is 21.9. The van der Waals surface area contributed by atoms with E-state index in [0.717, 1.165) is 38.6 Å². The molecule has 2 saturated heterocycles. The van der Waals surface area contributed by atoms with Gasteiger partial charge in [-0.1, -0.05) is 18.2 Å². The number of piperazine rings is 1. The van der Waals surface area contributed by atoms with Crippen molar-refractivity contribution in [3.05, 3.63) is 42.1 Å². The maximum Gasteiger partial charge on any atom is 0.311 e. The lowest BCUT2D eigenvalue weighted by Crippen LogP contribution is -2.50. The lowest BCUT2D eigenvalue weighted by atomic mass is 9.97. The molecular formula is C20H28N6O4S. The van der Waals surface area contributed by atoms with Gasteiger partial charge < -0.3 is 14.6 Å². The number of nitrogens with one attached hydrogen (secondary N) is 2. The highest BCUT2D eigenvalue weighted by molar-refractivity contribution is 7.89. The van der Waals surface area contributed by atoms with Crippen LogP contribution in [0.15, 0.2) is 39.6 Å². The molecule has 1 aromatic carbocycles. The molecule has 2 fully saturated rings. The minimum atomic E-state index is -3.69. The third-order valence-electron chi connectivity index (χ3n) is 5.75. The van der Waals surface area contributed by atoms with Crippen LogP contribution in [-0.2, 0) is 16.6 Å². The van der Waals surface area contributed by atoms with Gasteiger partial charge in [0.2, 0.25) is 15.9 Å². The van der Waals surface area contributed by atoms with Crippen molar-refractivity contribution >= 4 is 15.9 Å². The third-order valence-corrected chi connectivity index (χ3v) is 7.17. The van der Waals surface area contributed by atoms with E-state index in [1.54, 1.807) is 23.1 Å². The van der Waals surface area contributed by atoms with Crippen LogP contribution in [0.1, 0.15) is 29.4 Å². The highest BCUT2D eigenvalue weighted by Crippen LogP contribution is 2.16. The Morgan fingerprint density at radius 3 is 2.52 bits per heavy atom. The average molecular weight is 449 g/mol. The average Bonchev–Trinajstić information content (AvgIpc) is 3.28. The lowest BCUT2D eigenvalue weighted by Gasteiger charge is -2.36. The van der Waals surface area contributed by atoms with Gasteiger partial charge in [0.1, 0.15) is 0 Å². The van der Waals surface area contributed by atoms with Crippen LogP contribution in [0.3, 0.4) is 0 Å². The van der Waals surface area contributed by atoms with E-state index in [0.29, 0.717) is 13.1 Å². The molecule has 0 radical (unpaired) electrons. The quantitative estimate of drug-likeness (QED) is 0.621. The molecule has 11 heteroatoms. The first-order chi connectivity index (χ1) is 15.0. The molecule has 2 N–H and O–H groups in total. The number of hydrogen-bond acceptors (Lipinski definition) is 8. The minimum absolute atomic E-state index is 0.0485. The lowest BCUT2D eigenvalue weighted by molar-refractivity contribution is 0.0569. The summed E-state index contributed by atoms with van der Waals surface area (Å²) in [6, 6.07) is 8.02. The Kier molecular flexibility index (Phi) is 6.96. The van der Waals surface area contributed by atoms with E-state index in [-0.39, 0.29) is 29.1 Å². The van der Waals surface area contributed by atoms with Crippen molar-refractivity contribution in [3.8, 4) is 0 Å². The van der Waals surface area contributed by atoms with Crippen LogP contribution < -0.4 is 10.0 Å². The van der Waals surface area contributed by atoms with Gasteiger partial charge in [-0.15, -0.1) is 10.2 Å². The van der Waals surface area contributed by atoms with Gasteiger partial charge in [-0.25, -0.2) is 13.1 Å². The summed E-state index contributed by atoms with van der Waals surface area (Å²) in [5.74, 6) is 0.348. The Bertz CT molecular complexity index is 967. The number of amides is 1. The largest absolute Gasteiger partial charge is 0.415 e. The zero-order valence-electron chi connectivity index (χ0n) is 17.4. The number of piperidine rings is 1. The first-order valence-electron chi connectivity index (χ1n) is 10.6. The molecule has 2 aromatic rings. The summed E-state index contributed by atoms with van der Waals surface area (Å²) in [5.41, 5.74) is 0. The summed E-state index contributed by atoms with van der Waals surface area (Å²) in [6.07, 6.45) is 2.41. The summed E-state index contributed by atoms with van der Waals surface area (Å²) in [6.45, 7) is 5.96. The molecule has 0 atom stereocenters. The topological polar surface area (TPSA) is 121 Å². The third kappa shape index (κ3) is 5.67. The van der Waals surface area contributed by atoms with Crippen LogP contribution >= 0.6 is 0 Å². The first-order valence-corrected chi connectivity index (χ1v) is 12.1. The van der Waals surface area contributed by atoms with E-state index in [9.17, 15) is 13.2 Å². The molecule has 10 nitrogen and oxygen atoms in total. The van der Waals surface area contributed by atoms with Crippen LogP contribution in [0.2, 0.25) is 0 Å². The van der Waals surface area contributed by atoms with Crippen molar-refractivity contribution in [2.45, 2.75) is 24.3 Å². The fraction of sp³-hybridized carbons (Fsp3) is 0.550. The number of hydrogen-bond donors (Lipinski definition) is 2. The van der Waals surface area contributed by atoms with Crippen LogP contribution in [0.25, 0.3) is 0 Å². The smallest absolute Gasteiger partial charge is 0.311 e. The second-order valence-electron chi connectivity index (χ2n) is 7.92. The number of rotatable bonds is 7. The minimum Gasteiger partial charge on any atom is -0.415 e. The second kappa shape index (κ2) is 9.86. The van der Waals surface area contributed by atoms with E-state index < -0.39 is 10.0 Å². The molecule has 2 aliphatic rings. The van der Waals surface area contributed by atoms with E-state index in [2.05, 4.69) is 25.1 Å². The second-order valence-corrected chi connectivity index (χ2v) is 9.69. The van der Waals surface area contributed by atoms with Crippen molar-refractivity contribution in [2.75, 3.05) is 45.8 Å². The van der Waals surface area contributed by atoms with Gasteiger partial charge >= 0.3 is 11.8 Å². The zero-order chi connectivity index (χ0) is 21.7. The van der Waals surface area contributed by atoms with Crippen molar-refractivity contribution in [3.63, 3.8) is 0 Å². The van der Waals surface area contributed by atoms with Crippen molar-refractivity contribution in [1.82, 2.24) is 30.0 Å². The van der Waals surface area contributed by atoms with Gasteiger partial charge in [-0.3, -0.25) is 9.69 Å². The molecule has 1 amide bonds. The predicted molar refractivity (Wildman–Crippen MR) is 113 cm³/mol. The van der Waals surface area contributed by atoms with E-state index in [1.807, 2.05) is 0 Å². The Labute approximate surface area is 182 Å². The Morgan fingerprint density at radius 1 is 1.10 bits per heavy atom. The number of aromatic nitrogens is 2. The van der Waals surface area contributed by atoms with Crippen molar-refractivity contribution in [2.24, 2.45) is 5.92 Å². The molecule has 168 valence electrons. The van der Waals surface area contributed by atoms with Crippen LogP contribution in [0.4, 0.5) is 0 Å². The van der Waals surface area contributed by atoms with E-state index in [1.165, 1.54) is 25.0 Å². The SMILES string of the molecule is O=C(c1nnc(CNS(=O)(=O)c2ccccc2)o1)N1CCN(CC2CCNCC2)CC1. The zero-order valence-corrected chi connectivity index (χ0v) is 18.2. The fourth-order valence-electron chi connectivity index (χ4n) is 3.95. The number of carbonyl (C=O) groups is 1. The van der Waals surface area contributed by atoms with Gasteiger partial charge in [-0.2, -0.15) is 0 Å². The molecule has 2 aliphatic heterocycles. The maximum atomic E-state index is 12.7. The molecule has 31 heavy (non-hydrogen) atoms. The van der Waals surface area contributed by atoms with Crippen LogP contribution in [0, 0.1) is 5.92 Å². The van der Waals surface area contributed by atoms with Gasteiger partial charge in [0, 0.05) is 32.7 Å². The normalized spacial score (nSPS) is 18.9. The highest BCUT2D eigenvalue weighted by atomic mass is 32.2. The van der Waals surface area contributed by atoms with E-state index in [4.69, 9.17) is 4.42 Å². The van der Waals surface area contributed by atoms with E-state index >= 15 is 0 Å². The summed E-state index contributed by atoms with van der Waals surface area (Å²) < 4.78 is 32.4. The van der Waals surface area contributed by atoms with Crippen LogP contribution in [0.5, 0.6) is 0 Å². The van der Waals surface area contributed by atoms with Gasteiger partial charge in [0.25, 0.3) is 0 Å². The summed E-state index contributed by atoms with van der Waals surface area (Å²) in [7, 11) is -3.69. The number of carbonyl (C=O) groups excluding carboxylic acids is 1.